The summed E-state index contributed by atoms with van der Waals surface area (Å²) in [7, 11) is 0. The van der Waals surface area contributed by atoms with E-state index in [1.54, 1.807) is 20.8 Å². The molecule has 0 aliphatic rings. The standard InChI is InChI=1S/C22H25FN2O5/c1-22(2,3)30-21(28)25-14-18(26)29-19(16-9-11-17(23)12-10-16)20(27)24-13-15-7-5-4-6-8-15/h4-12,19H,13-14H2,1-3H3,(H,24,27)(H,25,28). The van der Waals surface area contributed by atoms with Crippen molar-refractivity contribution >= 4 is 18.0 Å². The molecule has 0 radical (unpaired) electrons. The van der Waals surface area contributed by atoms with Gasteiger partial charge in [-0.2, -0.15) is 0 Å². The molecule has 0 spiro atoms. The lowest BCUT2D eigenvalue weighted by molar-refractivity contribution is -0.155. The molecule has 2 N–H and O–H groups in total. The van der Waals surface area contributed by atoms with Gasteiger partial charge in [0.2, 0.25) is 6.10 Å². The van der Waals surface area contributed by atoms with Crippen LogP contribution in [0.3, 0.4) is 0 Å². The zero-order chi connectivity index (χ0) is 22.1. The summed E-state index contributed by atoms with van der Waals surface area (Å²) in [5, 5.41) is 4.97. The Morgan fingerprint density at radius 2 is 1.60 bits per heavy atom. The molecule has 1 atom stereocenters. The summed E-state index contributed by atoms with van der Waals surface area (Å²) >= 11 is 0. The van der Waals surface area contributed by atoms with Gasteiger partial charge in [0.1, 0.15) is 18.0 Å². The second-order valence-electron chi connectivity index (χ2n) is 7.48. The molecule has 8 heteroatoms. The quantitative estimate of drug-likeness (QED) is 0.676. The van der Waals surface area contributed by atoms with Gasteiger partial charge in [0, 0.05) is 12.1 Å². The highest BCUT2D eigenvalue weighted by atomic mass is 19.1. The minimum atomic E-state index is -1.30. The van der Waals surface area contributed by atoms with Crippen molar-refractivity contribution in [2.45, 2.75) is 39.0 Å². The van der Waals surface area contributed by atoms with Crippen LogP contribution in [0.5, 0.6) is 0 Å². The summed E-state index contributed by atoms with van der Waals surface area (Å²) in [6, 6.07) is 14.2. The van der Waals surface area contributed by atoms with E-state index in [2.05, 4.69) is 10.6 Å². The van der Waals surface area contributed by atoms with Gasteiger partial charge in [-0.15, -0.1) is 0 Å². The molecule has 0 saturated carbocycles. The summed E-state index contributed by atoms with van der Waals surface area (Å²) in [6.45, 7) is 4.80. The van der Waals surface area contributed by atoms with Crippen molar-refractivity contribution in [1.29, 1.82) is 0 Å². The molecular weight excluding hydrogens is 391 g/mol. The van der Waals surface area contributed by atoms with Crippen LogP contribution in [0.2, 0.25) is 0 Å². The van der Waals surface area contributed by atoms with Crippen LogP contribution >= 0.6 is 0 Å². The van der Waals surface area contributed by atoms with Crippen LogP contribution in [-0.2, 0) is 25.6 Å². The van der Waals surface area contributed by atoms with Crippen LogP contribution in [0.25, 0.3) is 0 Å². The first-order valence-corrected chi connectivity index (χ1v) is 9.37. The van der Waals surface area contributed by atoms with Crippen LogP contribution in [0.15, 0.2) is 54.6 Å². The molecule has 0 fully saturated rings. The zero-order valence-electron chi connectivity index (χ0n) is 17.1. The number of rotatable bonds is 7. The minimum Gasteiger partial charge on any atom is -0.446 e. The molecule has 2 rings (SSSR count). The highest BCUT2D eigenvalue weighted by molar-refractivity contribution is 5.86. The topological polar surface area (TPSA) is 93.7 Å². The molecule has 2 aromatic rings. The summed E-state index contributed by atoms with van der Waals surface area (Å²) in [4.78, 5) is 36.6. The summed E-state index contributed by atoms with van der Waals surface area (Å²) in [5.41, 5.74) is 0.441. The first kappa shape index (κ1) is 22.9. The molecule has 2 amide bonds. The first-order valence-electron chi connectivity index (χ1n) is 9.37. The number of hydrogen-bond donors (Lipinski definition) is 2. The number of nitrogens with one attached hydrogen (secondary N) is 2. The van der Waals surface area contributed by atoms with Gasteiger partial charge >= 0.3 is 12.1 Å². The van der Waals surface area contributed by atoms with Gasteiger partial charge in [-0.1, -0.05) is 42.5 Å². The Balaban J connectivity index is 2.02. The van der Waals surface area contributed by atoms with Crippen molar-refractivity contribution in [3.63, 3.8) is 0 Å². The molecular formula is C22H25FN2O5. The lowest BCUT2D eigenvalue weighted by Crippen LogP contribution is -2.38. The third kappa shape index (κ3) is 7.90. The molecule has 7 nitrogen and oxygen atoms in total. The number of amides is 2. The van der Waals surface area contributed by atoms with Crippen molar-refractivity contribution < 1.29 is 28.2 Å². The van der Waals surface area contributed by atoms with Gasteiger partial charge in [-0.3, -0.25) is 9.59 Å². The minimum absolute atomic E-state index is 0.227. The second-order valence-corrected chi connectivity index (χ2v) is 7.48. The lowest BCUT2D eigenvalue weighted by Gasteiger charge is -2.20. The van der Waals surface area contributed by atoms with Gasteiger partial charge in [0.05, 0.1) is 0 Å². The molecule has 0 bridgehead atoms. The van der Waals surface area contributed by atoms with E-state index in [1.807, 2.05) is 30.3 Å². The van der Waals surface area contributed by atoms with Gasteiger partial charge in [0.25, 0.3) is 5.91 Å². The fraction of sp³-hybridized carbons (Fsp3) is 0.318. The molecule has 0 heterocycles. The molecule has 0 aliphatic carbocycles. The molecule has 30 heavy (non-hydrogen) atoms. The van der Waals surface area contributed by atoms with E-state index in [9.17, 15) is 18.8 Å². The van der Waals surface area contributed by atoms with Crippen LogP contribution in [0, 0.1) is 5.82 Å². The summed E-state index contributed by atoms with van der Waals surface area (Å²) < 4.78 is 23.6. The SMILES string of the molecule is CC(C)(C)OC(=O)NCC(=O)OC(C(=O)NCc1ccccc1)c1ccc(F)cc1. The number of ether oxygens (including phenoxy) is 2. The normalized spacial score (nSPS) is 11.9. The summed E-state index contributed by atoms with van der Waals surface area (Å²) in [6.07, 6.45) is -2.09. The number of hydrogen-bond acceptors (Lipinski definition) is 5. The number of halogens is 1. The highest BCUT2D eigenvalue weighted by Gasteiger charge is 2.25. The van der Waals surface area contributed by atoms with Crippen LogP contribution in [0.4, 0.5) is 9.18 Å². The number of benzene rings is 2. The van der Waals surface area contributed by atoms with Crippen molar-refractivity contribution in [2.24, 2.45) is 0 Å². The fourth-order valence-corrected chi connectivity index (χ4v) is 2.42. The molecule has 160 valence electrons. The van der Waals surface area contributed by atoms with Crippen molar-refractivity contribution in [3.8, 4) is 0 Å². The Bertz CT molecular complexity index is 863. The average Bonchev–Trinajstić information content (AvgIpc) is 2.69. The van der Waals surface area contributed by atoms with Gasteiger partial charge < -0.3 is 20.1 Å². The van der Waals surface area contributed by atoms with E-state index >= 15 is 0 Å². The van der Waals surface area contributed by atoms with Gasteiger partial charge in [-0.05, 0) is 38.5 Å². The maximum Gasteiger partial charge on any atom is 0.408 e. The third-order valence-electron chi connectivity index (χ3n) is 3.75. The van der Waals surface area contributed by atoms with Crippen molar-refractivity contribution in [1.82, 2.24) is 10.6 Å². The van der Waals surface area contributed by atoms with Crippen LogP contribution < -0.4 is 10.6 Å². The molecule has 0 saturated heterocycles. The molecule has 1 unspecified atom stereocenters. The van der Waals surface area contributed by atoms with E-state index in [0.29, 0.717) is 5.56 Å². The van der Waals surface area contributed by atoms with E-state index in [1.165, 1.54) is 24.3 Å². The third-order valence-corrected chi connectivity index (χ3v) is 3.75. The van der Waals surface area contributed by atoms with Crippen molar-refractivity contribution in [3.05, 3.63) is 71.5 Å². The van der Waals surface area contributed by atoms with Crippen molar-refractivity contribution in [2.75, 3.05) is 6.54 Å². The zero-order valence-corrected chi connectivity index (χ0v) is 17.1. The predicted octanol–water partition coefficient (Wildman–Crippen LogP) is 3.25. The number of esters is 1. The molecule has 2 aromatic carbocycles. The fourth-order valence-electron chi connectivity index (χ4n) is 2.42. The summed E-state index contributed by atoms with van der Waals surface area (Å²) in [5.74, 6) is -1.90. The van der Waals surface area contributed by atoms with Gasteiger partial charge in [-0.25, -0.2) is 9.18 Å². The maximum absolute atomic E-state index is 13.3. The van der Waals surface area contributed by atoms with Crippen LogP contribution in [0.1, 0.15) is 38.0 Å². The average molecular weight is 416 g/mol. The van der Waals surface area contributed by atoms with E-state index < -0.39 is 42.0 Å². The Kier molecular flexibility index (Phi) is 7.91. The highest BCUT2D eigenvalue weighted by Crippen LogP contribution is 2.19. The van der Waals surface area contributed by atoms with E-state index in [0.717, 1.165) is 5.56 Å². The number of alkyl carbamates (subject to hydrolysis) is 1. The van der Waals surface area contributed by atoms with E-state index in [4.69, 9.17) is 9.47 Å². The Morgan fingerprint density at radius 1 is 0.967 bits per heavy atom. The van der Waals surface area contributed by atoms with Crippen LogP contribution in [-0.4, -0.2) is 30.1 Å². The second kappa shape index (κ2) is 10.4. The maximum atomic E-state index is 13.3. The molecule has 0 aliphatic heterocycles. The predicted molar refractivity (Wildman–Crippen MR) is 108 cm³/mol. The smallest absolute Gasteiger partial charge is 0.408 e. The Morgan fingerprint density at radius 3 is 2.20 bits per heavy atom. The lowest BCUT2D eigenvalue weighted by atomic mass is 10.1. The Hall–Kier alpha value is -3.42. The van der Waals surface area contributed by atoms with Gasteiger partial charge in [0.15, 0.2) is 0 Å². The van der Waals surface area contributed by atoms with E-state index in [-0.39, 0.29) is 6.54 Å². The number of carbonyl (C=O) groups excluding carboxylic acids is 3. The monoisotopic (exact) mass is 416 g/mol. The molecule has 0 aromatic heterocycles. The largest absolute Gasteiger partial charge is 0.446 e. The number of carbonyl (C=O) groups is 3. The first-order chi connectivity index (χ1) is 14.1. The Labute approximate surface area is 174 Å².